The Morgan fingerprint density at radius 3 is 2.35 bits per heavy atom. The second kappa shape index (κ2) is 17.1. The predicted molar refractivity (Wildman–Crippen MR) is 218 cm³/mol. The molecule has 1 fully saturated rings. The Hall–Kier alpha value is -5.88. The Morgan fingerprint density at radius 1 is 0.860 bits per heavy atom. The highest BCUT2D eigenvalue weighted by atomic mass is 32.2. The summed E-state index contributed by atoms with van der Waals surface area (Å²) >= 11 is 1.43. The van der Waals surface area contributed by atoms with Gasteiger partial charge in [-0.05, 0) is 42.8 Å². The van der Waals surface area contributed by atoms with Crippen LogP contribution in [0.4, 0.5) is 22.2 Å². The Labute approximate surface area is 333 Å². The van der Waals surface area contributed by atoms with Gasteiger partial charge in [0.25, 0.3) is 21.8 Å². The van der Waals surface area contributed by atoms with E-state index in [-0.39, 0.29) is 28.9 Å². The molecule has 4 amide bonds. The molecule has 4 N–H and O–H groups in total. The van der Waals surface area contributed by atoms with Crippen LogP contribution in [-0.4, -0.2) is 102 Å². The number of thiazole rings is 1. The smallest absolute Gasteiger partial charge is 0.264 e. The van der Waals surface area contributed by atoms with Gasteiger partial charge >= 0.3 is 0 Å². The van der Waals surface area contributed by atoms with Crippen molar-refractivity contribution in [3.05, 3.63) is 95.4 Å². The fourth-order valence-electron chi connectivity index (χ4n) is 6.80. The third-order valence-corrected chi connectivity index (χ3v) is 11.7. The van der Waals surface area contributed by atoms with E-state index < -0.39 is 39.7 Å². The van der Waals surface area contributed by atoms with E-state index in [2.05, 4.69) is 25.7 Å². The molecule has 1 unspecified atom stereocenters. The maximum Gasteiger partial charge on any atom is 0.264 e. The number of aromatic nitrogens is 1. The van der Waals surface area contributed by atoms with Gasteiger partial charge in [-0.1, -0.05) is 42.5 Å². The highest BCUT2D eigenvalue weighted by molar-refractivity contribution is 7.93. The van der Waals surface area contributed by atoms with Crippen molar-refractivity contribution in [2.45, 2.75) is 23.8 Å². The molecule has 17 heteroatoms. The minimum atomic E-state index is -3.89. The van der Waals surface area contributed by atoms with E-state index in [1.54, 1.807) is 48.5 Å². The molecule has 0 radical (unpaired) electrons. The van der Waals surface area contributed by atoms with Crippen LogP contribution in [0.3, 0.4) is 0 Å². The van der Waals surface area contributed by atoms with E-state index in [4.69, 9.17) is 9.47 Å². The van der Waals surface area contributed by atoms with Crippen LogP contribution in [0.1, 0.15) is 33.6 Å². The van der Waals surface area contributed by atoms with Gasteiger partial charge in [0.05, 0.1) is 48.1 Å². The Morgan fingerprint density at radius 2 is 1.58 bits per heavy atom. The lowest BCUT2D eigenvalue weighted by molar-refractivity contribution is -0.136. The summed E-state index contributed by atoms with van der Waals surface area (Å²) in [5.41, 5.74) is 3.69. The van der Waals surface area contributed by atoms with Gasteiger partial charge in [0.15, 0.2) is 5.13 Å². The van der Waals surface area contributed by atoms with Crippen molar-refractivity contribution >= 4 is 78.0 Å². The lowest BCUT2D eigenvalue weighted by atomic mass is 10.0. The lowest BCUT2D eigenvalue weighted by Crippen LogP contribution is -2.54. The highest BCUT2D eigenvalue weighted by Gasteiger charge is 2.45. The van der Waals surface area contributed by atoms with Gasteiger partial charge in [0, 0.05) is 72.4 Å². The Kier molecular flexibility index (Phi) is 11.8. The Bertz CT molecular complexity index is 2450. The van der Waals surface area contributed by atoms with Crippen LogP contribution < -0.4 is 25.6 Å². The van der Waals surface area contributed by atoms with Crippen LogP contribution in [-0.2, 0) is 29.1 Å². The molecule has 0 bridgehead atoms. The molecule has 1 saturated heterocycles. The van der Waals surface area contributed by atoms with Crippen LogP contribution in [0.2, 0.25) is 0 Å². The number of nitrogens with zero attached hydrogens (tertiary/aromatic N) is 3. The van der Waals surface area contributed by atoms with Gasteiger partial charge in [-0.25, -0.2) is 13.4 Å². The average Bonchev–Trinajstić information content (AvgIpc) is 3.77. The zero-order valence-electron chi connectivity index (χ0n) is 31.2. The summed E-state index contributed by atoms with van der Waals surface area (Å²) in [4.78, 5) is 58.0. The number of nitrogens with one attached hydrogen (secondary N) is 4. The van der Waals surface area contributed by atoms with Gasteiger partial charge in [0.1, 0.15) is 6.04 Å². The predicted octanol–water partition coefficient (Wildman–Crippen LogP) is 4.79. The summed E-state index contributed by atoms with van der Waals surface area (Å²) in [6.45, 7) is 2.30. The quantitative estimate of drug-likeness (QED) is 0.0744. The number of rotatable bonds is 17. The number of carbonyl (C=O) groups excluding carboxylic acids is 4. The Balaban J connectivity index is 0.827. The third-order valence-electron chi connectivity index (χ3n) is 9.47. The first-order valence-corrected chi connectivity index (χ1v) is 20.6. The molecule has 57 heavy (non-hydrogen) atoms. The average molecular weight is 812 g/mol. The topological polar surface area (TPSA) is 188 Å². The summed E-state index contributed by atoms with van der Waals surface area (Å²) in [7, 11) is -0.0451. The SMILES string of the molecule is CN(C)c1cccc2c(S(=O)(=O)Nc3cccc(-c4csc(NCCOCCOCCNc5cccc6c5C(=O)N(C5CCC(=O)NC5=O)C6=O)n4)c3)cccc12. The molecule has 5 aromatic rings. The molecule has 0 spiro atoms. The number of sulfonamides is 1. The van der Waals surface area contributed by atoms with Crippen LogP contribution in [0.5, 0.6) is 0 Å². The molecule has 4 aromatic carbocycles. The second-order valence-electron chi connectivity index (χ2n) is 13.5. The third kappa shape index (κ3) is 8.61. The fourth-order valence-corrected chi connectivity index (χ4v) is 8.82. The van der Waals surface area contributed by atoms with E-state index in [1.807, 2.05) is 54.7 Å². The van der Waals surface area contributed by atoms with E-state index in [9.17, 15) is 27.6 Å². The van der Waals surface area contributed by atoms with Crippen molar-refractivity contribution in [2.75, 3.05) is 73.9 Å². The normalized spacial score (nSPS) is 15.5. The van der Waals surface area contributed by atoms with Crippen molar-refractivity contribution in [3.8, 4) is 11.3 Å². The number of imide groups is 2. The molecule has 2 aliphatic rings. The van der Waals surface area contributed by atoms with E-state index in [0.29, 0.717) is 67.1 Å². The van der Waals surface area contributed by atoms with E-state index in [1.165, 1.54) is 11.3 Å². The number of piperidine rings is 1. The van der Waals surface area contributed by atoms with Crippen molar-refractivity contribution in [1.29, 1.82) is 0 Å². The molecule has 1 atom stereocenters. The number of amides is 4. The molecular weight excluding hydrogens is 771 g/mol. The van der Waals surface area contributed by atoms with Crippen molar-refractivity contribution in [3.63, 3.8) is 0 Å². The van der Waals surface area contributed by atoms with Gasteiger partial charge in [-0.15, -0.1) is 11.3 Å². The van der Waals surface area contributed by atoms with Gasteiger partial charge in [0.2, 0.25) is 11.8 Å². The number of carbonyl (C=O) groups is 4. The van der Waals surface area contributed by atoms with Crippen LogP contribution >= 0.6 is 11.3 Å². The van der Waals surface area contributed by atoms with Gasteiger partial charge < -0.3 is 25.0 Å². The van der Waals surface area contributed by atoms with Crippen molar-refractivity contribution < 1.29 is 37.1 Å². The van der Waals surface area contributed by atoms with Crippen molar-refractivity contribution in [1.82, 2.24) is 15.2 Å². The second-order valence-corrected chi connectivity index (χ2v) is 16.0. The monoisotopic (exact) mass is 811 g/mol. The molecule has 1 aromatic heterocycles. The zero-order valence-corrected chi connectivity index (χ0v) is 32.9. The molecule has 7 rings (SSSR count). The number of fused-ring (bicyclic) bond motifs is 2. The number of hydrogen-bond acceptors (Lipinski definition) is 13. The highest BCUT2D eigenvalue weighted by Crippen LogP contribution is 2.34. The summed E-state index contributed by atoms with van der Waals surface area (Å²) in [6.07, 6.45) is 0.146. The largest absolute Gasteiger partial charge is 0.382 e. The van der Waals surface area contributed by atoms with Crippen LogP contribution in [0.25, 0.3) is 22.0 Å². The first-order valence-electron chi connectivity index (χ1n) is 18.3. The number of anilines is 4. The summed E-state index contributed by atoms with van der Waals surface area (Å²) in [6, 6.07) is 21.9. The molecule has 0 aliphatic carbocycles. The van der Waals surface area contributed by atoms with Crippen LogP contribution in [0.15, 0.2) is 89.1 Å². The standard InChI is InChI=1S/C40H41N7O8S2/c1-46(2)32-13-5-10-28-27(32)9-6-14-34(28)57(52,53)45-26-8-3-7-25(23-26)31-24-56-40(43-31)42-18-20-55-22-21-54-19-17-41-30-12-4-11-29-36(30)39(51)47(38(29)50)33-15-16-35(48)44-37(33)49/h3-14,23-24,33,41,45H,15-22H2,1-2H3,(H,42,43)(H,44,48,49). The molecule has 2 aliphatic heterocycles. The van der Waals surface area contributed by atoms with Crippen molar-refractivity contribution in [2.24, 2.45) is 0 Å². The fraction of sp³-hybridized carbons (Fsp3) is 0.275. The maximum absolute atomic E-state index is 13.6. The first kappa shape index (κ1) is 39.4. The first-order chi connectivity index (χ1) is 27.5. The summed E-state index contributed by atoms with van der Waals surface area (Å²) < 4.78 is 41.2. The molecule has 296 valence electrons. The molecular formula is C40H41N7O8S2. The molecule has 3 heterocycles. The van der Waals surface area contributed by atoms with E-state index >= 15 is 0 Å². The van der Waals surface area contributed by atoms with Gasteiger partial charge in [-0.3, -0.25) is 34.1 Å². The number of ether oxygens (including phenoxy) is 2. The van der Waals surface area contributed by atoms with E-state index in [0.717, 1.165) is 21.5 Å². The summed E-state index contributed by atoms with van der Waals surface area (Å²) in [5.74, 6) is -2.21. The number of hydrogen-bond donors (Lipinski definition) is 4. The van der Waals surface area contributed by atoms with Crippen LogP contribution in [0, 0.1) is 0 Å². The lowest BCUT2D eigenvalue weighted by Gasteiger charge is -2.27. The van der Waals surface area contributed by atoms with Gasteiger partial charge in [-0.2, -0.15) is 0 Å². The molecule has 0 saturated carbocycles. The minimum Gasteiger partial charge on any atom is -0.382 e. The molecule has 15 nitrogen and oxygen atoms in total. The minimum absolute atomic E-state index is 0.0547. The zero-order chi connectivity index (χ0) is 40.1. The number of benzene rings is 4. The summed E-state index contributed by atoms with van der Waals surface area (Å²) in [5, 5.41) is 12.7. The maximum atomic E-state index is 13.6.